The number of aromatic carboxylic acids is 1. The Morgan fingerprint density at radius 1 is 1.24 bits per heavy atom. The number of hydrogen-bond donors (Lipinski definition) is 4. The number of nitrogens with one attached hydrogen (secondary N) is 3. The smallest absolute Gasteiger partial charge is 0.348 e. The van der Waals surface area contributed by atoms with E-state index in [9.17, 15) is 24.3 Å². The first-order valence-electron chi connectivity index (χ1n) is 12.0. The van der Waals surface area contributed by atoms with Crippen LogP contribution in [0.5, 0.6) is 0 Å². The lowest BCUT2D eigenvalue weighted by Gasteiger charge is -2.37. The molecule has 0 aliphatic carbocycles. The summed E-state index contributed by atoms with van der Waals surface area (Å²) in [5.74, 6) is -2.24. The molecule has 3 amide bonds. The number of ether oxygens (including phenoxy) is 1. The molecule has 2 atom stereocenters. The molecule has 2 fully saturated rings. The van der Waals surface area contributed by atoms with Crippen LogP contribution in [0, 0.1) is 6.92 Å². The number of amides is 3. The van der Waals surface area contributed by atoms with Crippen molar-refractivity contribution in [2.75, 3.05) is 44.7 Å². The molecule has 206 valence electrons. The molecule has 4 rings (SSSR count). The summed E-state index contributed by atoms with van der Waals surface area (Å²) in [7, 11) is 1.52. The number of halogens is 2. The first-order valence-corrected chi connectivity index (χ1v) is 13.6. The number of aryl methyl sites for hydroxylation is 1. The molecule has 0 unspecified atom stereocenters. The van der Waals surface area contributed by atoms with E-state index in [0.29, 0.717) is 49.8 Å². The highest BCUT2D eigenvalue weighted by Crippen LogP contribution is 2.31. The maximum Gasteiger partial charge on any atom is 0.348 e. The average molecular weight is 587 g/mol. The van der Waals surface area contributed by atoms with Crippen molar-refractivity contribution in [3.05, 3.63) is 32.0 Å². The van der Waals surface area contributed by atoms with Crippen molar-refractivity contribution in [2.45, 2.75) is 38.3 Å². The number of thiazole rings is 1. The standard InChI is InChI=1S/C23H28Cl2N6O6S/c1-11-15(24)16(25)17(27-11)21(34)28-12-5-8-31(10-13(12)37-2)23-29-18(19(38-23)22(35)36)20(33)26-6-9-30-7-3-4-14(30)32/h12-13,27H,3-10H2,1-2H3,(H,26,33)(H,28,34)(H,35,36)/t12-,13+/m1/s1. The quantitative estimate of drug-likeness (QED) is 0.348. The minimum atomic E-state index is -1.25. The minimum Gasteiger partial charge on any atom is -0.477 e. The number of aromatic amines is 1. The number of carboxylic acid groups (broad SMARTS) is 1. The van der Waals surface area contributed by atoms with Gasteiger partial charge in [0.2, 0.25) is 5.91 Å². The molecule has 12 nitrogen and oxygen atoms in total. The molecular weight excluding hydrogens is 559 g/mol. The first kappa shape index (κ1) is 28.1. The number of hydrogen-bond acceptors (Lipinski definition) is 8. The zero-order chi connectivity index (χ0) is 27.6. The number of carboxylic acids is 1. The Bertz CT molecular complexity index is 1250. The molecule has 2 aromatic rings. The van der Waals surface area contributed by atoms with E-state index in [1.54, 1.807) is 11.8 Å². The fourth-order valence-electron chi connectivity index (χ4n) is 4.53. The van der Waals surface area contributed by atoms with E-state index in [1.807, 2.05) is 4.90 Å². The van der Waals surface area contributed by atoms with Gasteiger partial charge in [0.05, 0.1) is 22.2 Å². The second-order valence-electron chi connectivity index (χ2n) is 9.06. The average Bonchev–Trinajstić information content (AvgIpc) is 3.59. The van der Waals surface area contributed by atoms with Crippen molar-refractivity contribution in [2.24, 2.45) is 0 Å². The van der Waals surface area contributed by atoms with Gasteiger partial charge in [0.25, 0.3) is 11.8 Å². The molecule has 0 spiro atoms. The topological polar surface area (TPSA) is 157 Å². The number of aromatic nitrogens is 2. The van der Waals surface area contributed by atoms with Crippen LogP contribution in [0.1, 0.15) is 55.6 Å². The number of carbonyl (C=O) groups is 4. The fraction of sp³-hybridized carbons (Fsp3) is 0.522. The van der Waals surface area contributed by atoms with Crippen LogP contribution in [0.3, 0.4) is 0 Å². The van der Waals surface area contributed by atoms with Gasteiger partial charge in [-0.15, -0.1) is 0 Å². The monoisotopic (exact) mass is 586 g/mol. The first-order chi connectivity index (χ1) is 18.1. The summed E-state index contributed by atoms with van der Waals surface area (Å²) in [6.07, 6.45) is 1.33. The molecule has 38 heavy (non-hydrogen) atoms. The summed E-state index contributed by atoms with van der Waals surface area (Å²) in [5, 5.41) is 16.1. The molecule has 2 aliphatic rings. The maximum atomic E-state index is 12.8. The molecule has 15 heteroatoms. The van der Waals surface area contributed by atoms with Crippen molar-refractivity contribution in [1.82, 2.24) is 25.5 Å². The molecule has 0 bridgehead atoms. The highest BCUT2D eigenvalue weighted by Gasteiger charge is 2.34. The number of carbonyl (C=O) groups excluding carboxylic acids is 3. The third-order valence-electron chi connectivity index (χ3n) is 6.59. The summed E-state index contributed by atoms with van der Waals surface area (Å²) in [4.78, 5) is 59.7. The lowest BCUT2D eigenvalue weighted by Crippen LogP contribution is -2.55. The Morgan fingerprint density at radius 2 is 2.00 bits per heavy atom. The Morgan fingerprint density at radius 3 is 2.61 bits per heavy atom. The number of rotatable bonds is 9. The number of piperidine rings is 1. The Hall–Kier alpha value is -2.87. The van der Waals surface area contributed by atoms with E-state index in [0.717, 1.165) is 17.8 Å². The van der Waals surface area contributed by atoms with E-state index >= 15 is 0 Å². The normalized spacial score (nSPS) is 19.6. The molecule has 0 radical (unpaired) electrons. The van der Waals surface area contributed by atoms with Crippen LogP contribution in [0.2, 0.25) is 10.0 Å². The van der Waals surface area contributed by atoms with Gasteiger partial charge in [-0.1, -0.05) is 34.5 Å². The lowest BCUT2D eigenvalue weighted by molar-refractivity contribution is -0.127. The van der Waals surface area contributed by atoms with E-state index in [4.69, 9.17) is 27.9 Å². The molecule has 4 N–H and O–H groups in total. The summed E-state index contributed by atoms with van der Waals surface area (Å²) in [5.41, 5.74) is 0.577. The largest absolute Gasteiger partial charge is 0.477 e. The summed E-state index contributed by atoms with van der Waals surface area (Å²) in [6, 6.07) is -0.350. The van der Waals surface area contributed by atoms with E-state index in [1.165, 1.54) is 7.11 Å². The number of likely N-dealkylation sites (tertiary alicyclic amines) is 1. The van der Waals surface area contributed by atoms with Gasteiger partial charge in [-0.05, 0) is 19.8 Å². The Balaban J connectivity index is 1.41. The van der Waals surface area contributed by atoms with Gasteiger partial charge in [0.15, 0.2) is 10.8 Å². The molecule has 0 aromatic carbocycles. The van der Waals surface area contributed by atoms with Crippen molar-refractivity contribution in [3.63, 3.8) is 0 Å². The lowest BCUT2D eigenvalue weighted by atomic mass is 10.0. The number of H-pyrrole nitrogens is 1. The third kappa shape index (κ3) is 5.90. The van der Waals surface area contributed by atoms with Crippen molar-refractivity contribution in [3.8, 4) is 0 Å². The van der Waals surface area contributed by atoms with Crippen LogP contribution < -0.4 is 15.5 Å². The zero-order valence-electron chi connectivity index (χ0n) is 20.8. The van der Waals surface area contributed by atoms with Crippen LogP contribution >= 0.6 is 34.5 Å². The second-order valence-corrected chi connectivity index (χ2v) is 10.8. The van der Waals surface area contributed by atoms with Crippen LogP contribution in [-0.4, -0.2) is 95.6 Å². The van der Waals surface area contributed by atoms with E-state index in [-0.39, 0.29) is 44.8 Å². The van der Waals surface area contributed by atoms with Crippen molar-refractivity contribution < 1.29 is 29.0 Å². The second kappa shape index (κ2) is 11.9. The van der Waals surface area contributed by atoms with Gasteiger partial charge in [-0.3, -0.25) is 14.4 Å². The van der Waals surface area contributed by atoms with Crippen LogP contribution in [0.4, 0.5) is 5.13 Å². The van der Waals surface area contributed by atoms with Crippen molar-refractivity contribution in [1.29, 1.82) is 0 Å². The van der Waals surface area contributed by atoms with E-state index in [2.05, 4.69) is 20.6 Å². The van der Waals surface area contributed by atoms with Gasteiger partial charge in [0.1, 0.15) is 10.6 Å². The summed E-state index contributed by atoms with van der Waals surface area (Å²) < 4.78 is 5.62. The predicted molar refractivity (Wildman–Crippen MR) is 142 cm³/mol. The zero-order valence-corrected chi connectivity index (χ0v) is 23.1. The van der Waals surface area contributed by atoms with Gasteiger partial charge in [-0.25, -0.2) is 9.78 Å². The number of nitrogens with zero attached hydrogens (tertiary/aromatic N) is 3. The summed E-state index contributed by atoms with van der Waals surface area (Å²) >= 11 is 13.2. The van der Waals surface area contributed by atoms with Crippen molar-refractivity contribution >= 4 is 63.4 Å². The van der Waals surface area contributed by atoms with Gasteiger partial charge >= 0.3 is 5.97 Å². The predicted octanol–water partition coefficient (Wildman–Crippen LogP) is 2.16. The van der Waals surface area contributed by atoms with Crippen LogP contribution in [0.15, 0.2) is 0 Å². The maximum absolute atomic E-state index is 12.8. The van der Waals surface area contributed by atoms with Gasteiger partial charge in [0, 0.05) is 51.9 Å². The Kier molecular flexibility index (Phi) is 8.81. The minimum absolute atomic E-state index is 0.0450. The van der Waals surface area contributed by atoms with E-state index < -0.39 is 23.9 Å². The molecule has 2 aliphatic heterocycles. The van der Waals surface area contributed by atoms with Crippen LogP contribution in [-0.2, 0) is 9.53 Å². The molecular formula is C23H28Cl2N6O6S. The molecule has 4 heterocycles. The number of anilines is 1. The third-order valence-corrected chi connectivity index (χ3v) is 8.65. The summed E-state index contributed by atoms with van der Waals surface area (Å²) in [6.45, 7) is 3.67. The van der Waals surface area contributed by atoms with Crippen LogP contribution in [0.25, 0.3) is 0 Å². The number of methoxy groups -OCH3 is 1. The SMILES string of the molecule is CO[C@H]1CN(c2nc(C(=O)NCCN3CCCC3=O)c(C(=O)O)s2)CC[C@H]1NC(=O)c1[nH]c(C)c(Cl)c1Cl. The molecule has 0 saturated carbocycles. The Labute approximate surface area is 232 Å². The highest BCUT2D eigenvalue weighted by molar-refractivity contribution is 7.17. The molecule has 2 saturated heterocycles. The fourth-order valence-corrected chi connectivity index (χ4v) is 5.89. The van der Waals surface area contributed by atoms with Gasteiger partial charge < -0.3 is 35.3 Å². The van der Waals surface area contributed by atoms with Gasteiger partial charge in [-0.2, -0.15) is 0 Å². The molecule has 2 aromatic heterocycles. The highest BCUT2D eigenvalue weighted by atomic mass is 35.5.